The number of aromatic amines is 1. The molecule has 2 heterocycles. The first kappa shape index (κ1) is 17.7. The summed E-state index contributed by atoms with van der Waals surface area (Å²) in [5, 5.41) is 12.1. The second-order valence-electron chi connectivity index (χ2n) is 5.32. The number of rotatable bonds is 6. The maximum Gasteiger partial charge on any atom is 0.237 e. The molecule has 0 spiro atoms. The number of nitrogens with one attached hydrogen (secondary N) is 2. The van der Waals surface area contributed by atoms with E-state index in [-0.39, 0.29) is 17.8 Å². The van der Waals surface area contributed by atoms with E-state index in [9.17, 15) is 4.79 Å². The molecule has 0 bridgehead atoms. The molecule has 3 aromatic rings. The summed E-state index contributed by atoms with van der Waals surface area (Å²) in [7, 11) is 0. The molecule has 130 valence electrons. The molecule has 1 aromatic carbocycles. The average Bonchev–Trinajstić information content (AvgIpc) is 3.05. The third kappa shape index (κ3) is 4.28. The molecule has 0 unspecified atom stereocenters. The number of nitrogens with zero attached hydrogens (tertiary/aromatic N) is 3. The summed E-state index contributed by atoms with van der Waals surface area (Å²) < 4.78 is 0. The Morgan fingerprint density at radius 2 is 2.12 bits per heavy atom. The zero-order valence-corrected chi connectivity index (χ0v) is 14.9. The van der Waals surface area contributed by atoms with E-state index in [1.807, 2.05) is 24.3 Å². The van der Waals surface area contributed by atoms with Gasteiger partial charge in [-0.3, -0.25) is 4.79 Å². The Hall–Kier alpha value is -2.16. The molecule has 0 aliphatic carbocycles. The first-order valence-corrected chi connectivity index (χ1v) is 8.86. The van der Waals surface area contributed by atoms with Crippen molar-refractivity contribution < 1.29 is 9.90 Å². The van der Waals surface area contributed by atoms with Gasteiger partial charge in [-0.05, 0) is 42.6 Å². The molecule has 0 radical (unpaired) electrons. The molecule has 1 amide bonds. The predicted molar refractivity (Wildman–Crippen MR) is 97.9 cm³/mol. The number of aromatic nitrogens is 4. The van der Waals surface area contributed by atoms with Crippen LogP contribution in [0.2, 0.25) is 5.28 Å². The van der Waals surface area contributed by atoms with Crippen molar-refractivity contribution >= 4 is 46.1 Å². The normalized spacial score (nSPS) is 12.3. The van der Waals surface area contributed by atoms with E-state index in [1.54, 1.807) is 6.92 Å². The standard InChI is InChI=1S/C16H16ClN5O2S/c1-9(14(24)20-11-4-2-10(3-5-11)6-7-23)25-15-12-13(19-8-18-12)21-16(17)22-15/h2-5,8-9,23H,6-7H2,1H3,(H,20,24)(H,18,19,21,22)/t9-/m1/s1. The minimum atomic E-state index is -0.394. The first-order valence-electron chi connectivity index (χ1n) is 7.61. The molecular formula is C16H16ClN5O2S. The smallest absolute Gasteiger partial charge is 0.237 e. The van der Waals surface area contributed by atoms with Crippen molar-refractivity contribution in [1.29, 1.82) is 0 Å². The molecule has 3 N–H and O–H groups in total. The molecule has 0 saturated heterocycles. The zero-order valence-electron chi connectivity index (χ0n) is 13.4. The van der Waals surface area contributed by atoms with Crippen molar-refractivity contribution in [3.63, 3.8) is 0 Å². The molecule has 7 nitrogen and oxygen atoms in total. The van der Waals surface area contributed by atoms with Crippen LogP contribution >= 0.6 is 23.4 Å². The monoisotopic (exact) mass is 377 g/mol. The van der Waals surface area contributed by atoms with Crippen LogP contribution in [0.1, 0.15) is 12.5 Å². The Bertz CT molecular complexity index is 884. The Morgan fingerprint density at radius 1 is 1.36 bits per heavy atom. The van der Waals surface area contributed by atoms with Crippen LogP contribution in [-0.2, 0) is 11.2 Å². The second-order valence-corrected chi connectivity index (χ2v) is 6.99. The van der Waals surface area contributed by atoms with Gasteiger partial charge in [0.2, 0.25) is 11.2 Å². The van der Waals surface area contributed by atoms with Crippen molar-refractivity contribution in [2.75, 3.05) is 11.9 Å². The summed E-state index contributed by atoms with van der Waals surface area (Å²) in [5.74, 6) is -0.151. The SMILES string of the molecule is C[C@@H](Sc1nc(Cl)nc2nc[nH]c12)C(=O)Nc1ccc(CCO)cc1. The molecule has 0 saturated carbocycles. The van der Waals surface area contributed by atoms with E-state index in [2.05, 4.69) is 25.3 Å². The van der Waals surface area contributed by atoms with Crippen LogP contribution in [0.4, 0.5) is 5.69 Å². The summed E-state index contributed by atoms with van der Waals surface area (Å²) >= 11 is 7.18. The van der Waals surface area contributed by atoms with E-state index >= 15 is 0 Å². The molecule has 0 aliphatic heterocycles. The largest absolute Gasteiger partial charge is 0.396 e. The maximum atomic E-state index is 12.4. The van der Waals surface area contributed by atoms with Gasteiger partial charge in [-0.25, -0.2) is 9.97 Å². The minimum Gasteiger partial charge on any atom is -0.396 e. The lowest BCUT2D eigenvalue weighted by atomic mass is 10.1. The number of fused-ring (bicyclic) bond motifs is 1. The lowest BCUT2D eigenvalue weighted by Gasteiger charge is -2.12. The molecule has 9 heteroatoms. The summed E-state index contributed by atoms with van der Waals surface area (Å²) in [6, 6.07) is 7.38. The summed E-state index contributed by atoms with van der Waals surface area (Å²) in [6.45, 7) is 1.89. The lowest BCUT2D eigenvalue weighted by Crippen LogP contribution is -2.22. The molecule has 0 fully saturated rings. The number of carbonyl (C=O) groups excluding carboxylic acids is 1. The topological polar surface area (TPSA) is 104 Å². The van der Waals surface area contributed by atoms with Crippen LogP contribution in [0.15, 0.2) is 35.6 Å². The first-order chi connectivity index (χ1) is 12.1. The number of carbonyl (C=O) groups is 1. The van der Waals surface area contributed by atoms with Gasteiger partial charge in [0, 0.05) is 12.3 Å². The van der Waals surface area contributed by atoms with Crippen molar-refractivity contribution in [2.45, 2.75) is 23.6 Å². The number of thioether (sulfide) groups is 1. The minimum absolute atomic E-state index is 0.0918. The van der Waals surface area contributed by atoms with Gasteiger partial charge in [0.05, 0.1) is 11.6 Å². The molecule has 1 atom stereocenters. The fourth-order valence-electron chi connectivity index (χ4n) is 2.22. The van der Waals surface area contributed by atoms with Crippen molar-refractivity contribution in [3.8, 4) is 0 Å². The van der Waals surface area contributed by atoms with Gasteiger partial charge in [-0.15, -0.1) is 0 Å². The number of hydrogen-bond acceptors (Lipinski definition) is 6. The fraction of sp³-hybridized carbons (Fsp3) is 0.250. The van der Waals surface area contributed by atoms with Crippen molar-refractivity contribution in [1.82, 2.24) is 19.9 Å². The van der Waals surface area contributed by atoms with Crippen LogP contribution in [-0.4, -0.2) is 42.8 Å². The van der Waals surface area contributed by atoms with Gasteiger partial charge >= 0.3 is 0 Å². The number of H-pyrrole nitrogens is 1. The van der Waals surface area contributed by atoms with Gasteiger partial charge < -0.3 is 15.4 Å². The average molecular weight is 378 g/mol. The summed E-state index contributed by atoms with van der Waals surface area (Å²) in [4.78, 5) is 27.6. The molecule has 25 heavy (non-hydrogen) atoms. The Kier molecular flexibility index (Phi) is 5.52. The summed E-state index contributed by atoms with van der Waals surface area (Å²) in [6.07, 6.45) is 2.10. The Morgan fingerprint density at radius 3 is 2.84 bits per heavy atom. The maximum absolute atomic E-state index is 12.4. The van der Waals surface area contributed by atoms with Crippen molar-refractivity contribution in [3.05, 3.63) is 41.4 Å². The number of hydrogen-bond donors (Lipinski definition) is 3. The number of aliphatic hydroxyl groups excluding tert-OH is 1. The number of anilines is 1. The Labute approximate surface area is 153 Å². The lowest BCUT2D eigenvalue weighted by molar-refractivity contribution is -0.115. The van der Waals surface area contributed by atoms with Crippen LogP contribution in [0.25, 0.3) is 11.2 Å². The number of aliphatic hydroxyl groups is 1. The molecule has 0 aliphatic rings. The van der Waals surface area contributed by atoms with Crippen molar-refractivity contribution in [2.24, 2.45) is 0 Å². The van der Waals surface area contributed by atoms with E-state index in [0.717, 1.165) is 5.56 Å². The van der Waals surface area contributed by atoms with Crippen LogP contribution in [0.5, 0.6) is 0 Å². The second kappa shape index (κ2) is 7.81. The van der Waals surface area contributed by atoms with E-state index in [1.165, 1.54) is 18.1 Å². The highest BCUT2D eigenvalue weighted by atomic mass is 35.5. The fourth-order valence-corrected chi connectivity index (χ4v) is 3.34. The van der Waals surface area contributed by atoms with Gasteiger partial charge in [-0.2, -0.15) is 4.98 Å². The predicted octanol–water partition coefficient (Wildman–Crippen LogP) is 2.66. The number of benzene rings is 1. The Balaban J connectivity index is 1.68. The van der Waals surface area contributed by atoms with Gasteiger partial charge in [-0.1, -0.05) is 23.9 Å². The van der Waals surface area contributed by atoms with Crippen LogP contribution < -0.4 is 5.32 Å². The van der Waals surface area contributed by atoms with Gasteiger partial charge in [0.15, 0.2) is 5.65 Å². The van der Waals surface area contributed by atoms with Gasteiger partial charge in [0.25, 0.3) is 0 Å². The molecule has 2 aromatic heterocycles. The molecular weight excluding hydrogens is 362 g/mol. The zero-order chi connectivity index (χ0) is 17.8. The van der Waals surface area contributed by atoms with E-state index < -0.39 is 5.25 Å². The molecule has 3 rings (SSSR count). The van der Waals surface area contributed by atoms with Crippen LogP contribution in [0.3, 0.4) is 0 Å². The summed E-state index contributed by atoms with van der Waals surface area (Å²) in [5.41, 5.74) is 2.84. The highest BCUT2D eigenvalue weighted by Gasteiger charge is 2.19. The number of halogens is 1. The number of imidazole rings is 1. The highest BCUT2D eigenvalue weighted by molar-refractivity contribution is 8.00. The van der Waals surface area contributed by atoms with E-state index in [0.29, 0.717) is 28.3 Å². The third-order valence-electron chi connectivity index (χ3n) is 3.50. The highest BCUT2D eigenvalue weighted by Crippen LogP contribution is 2.28. The van der Waals surface area contributed by atoms with E-state index in [4.69, 9.17) is 16.7 Å². The third-order valence-corrected chi connectivity index (χ3v) is 4.76. The number of amides is 1. The van der Waals surface area contributed by atoms with Crippen LogP contribution in [0, 0.1) is 0 Å². The quantitative estimate of drug-likeness (QED) is 0.346. The van der Waals surface area contributed by atoms with Gasteiger partial charge in [0.1, 0.15) is 10.5 Å².